The van der Waals surface area contributed by atoms with Crippen LogP contribution in [-0.4, -0.2) is 28.9 Å². The van der Waals surface area contributed by atoms with Crippen molar-refractivity contribution in [3.05, 3.63) is 5.56 Å². The molecule has 6 nitrogen and oxygen atoms in total. The molecule has 1 saturated heterocycles. The molecule has 0 amide bonds. The molecule has 2 heterocycles. The quantitative estimate of drug-likeness (QED) is 0.871. The van der Waals surface area contributed by atoms with Gasteiger partial charge in [-0.25, -0.2) is 4.68 Å². The minimum atomic E-state index is 0.148. The Bertz CT molecular complexity index is 496. The Morgan fingerprint density at radius 1 is 1.45 bits per heavy atom. The van der Waals surface area contributed by atoms with Crippen LogP contribution in [0, 0.1) is 11.3 Å². The van der Waals surface area contributed by atoms with E-state index in [-0.39, 0.29) is 12.1 Å². The zero-order valence-electron chi connectivity index (χ0n) is 12.3. The van der Waals surface area contributed by atoms with Gasteiger partial charge in [0.05, 0.1) is 6.04 Å². The third-order valence-corrected chi connectivity index (χ3v) is 4.09. The molecule has 1 fully saturated rings. The van der Waals surface area contributed by atoms with Crippen LogP contribution in [0.25, 0.3) is 0 Å². The maximum absolute atomic E-state index is 9.40. The van der Waals surface area contributed by atoms with Gasteiger partial charge < -0.3 is 16.4 Å². The molecule has 1 aromatic rings. The first kappa shape index (κ1) is 14.7. The molecule has 1 atom stereocenters. The number of nitrogen functional groups attached to an aromatic ring is 1. The first-order valence-electron chi connectivity index (χ1n) is 7.40. The van der Waals surface area contributed by atoms with Gasteiger partial charge in [0.15, 0.2) is 5.82 Å². The van der Waals surface area contributed by atoms with Crippen molar-refractivity contribution >= 4 is 11.6 Å². The Balaban J connectivity index is 2.38. The van der Waals surface area contributed by atoms with E-state index in [2.05, 4.69) is 29.9 Å². The van der Waals surface area contributed by atoms with Crippen LogP contribution in [-0.2, 0) is 0 Å². The summed E-state index contributed by atoms with van der Waals surface area (Å²) in [5.74, 6) is 1.18. The molecule has 1 unspecified atom stereocenters. The molecule has 0 spiro atoms. The van der Waals surface area contributed by atoms with Gasteiger partial charge in [-0.15, -0.1) is 0 Å². The fourth-order valence-electron chi connectivity index (χ4n) is 2.88. The molecule has 110 valence electrons. The van der Waals surface area contributed by atoms with Gasteiger partial charge in [-0.2, -0.15) is 10.4 Å². The van der Waals surface area contributed by atoms with Crippen LogP contribution in [0.2, 0.25) is 0 Å². The number of nitrogens with two attached hydrogens (primary N) is 2. The zero-order valence-corrected chi connectivity index (χ0v) is 12.3. The van der Waals surface area contributed by atoms with E-state index in [9.17, 15) is 5.26 Å². The zero-order chi connectivity index (χ0) is 14.7. The van der Waals surface area contributed by atoms with Crippen LogP contribution in [0.15, 0.2) is 0 Å². The van der Waals surface area contributed by atoms with Crippen LogP contribution in [0.1, 0.15) is 51.1 Å². The summed E-state index contributed by atoms with van der Waals surface area (Å²) in [7, 11) is 0. The highest BCUT2D eigenvalue weighted by Gasteiger charge is 2.26. The van der Waals surface area contributed by atoms with E-state index < -0.39 is 0 Å². The first-order valence-corrected chi connectivity index (χ1v) is 7.40. The van der Waals surface area contributed by atoms with Crippen LogP contribution >= 0.6 is 0 Å². The van der Waals surface area contributed by atoms with E-state index in [1.807, 2.05) is 4.68 Å². The van der Waals surface area contributed by atoms with Crippen molar-refractivity contribution in [3.63, 3.8) is 0 Å². The number of nitriles is 1. The number of nitrogens with zero attached hydrogens (tertiary/aromatic N) is 4. The van der Waals surface area contributed by atoms with Crippen molar-refractivity contribution in [2.45, 2.75) is 51.6 Å². The largest absolute Gasteiger partial charge is 0.383 e. The lowest BCUT2D eigenvalue weighted by Gasteiger charge is -2.31. The SMILES string of the molecule is CCC(CC)n1nc(N2CCCC(N)C2)c(C#N)c1N. The molecule has 1 aliphatic rings. The van der Waals surface area contributed by atoms with Crippen molar-refractivity contribution in [2.75, 3.05) is 23.7 Å². The van der Waals surface area contributed by atoms with Gasteiger partial charge in [-0.1, -0.05) is 13.8 Å². The van der Waals surface area contributed by atoms with Gasteiger partial charge in [0.25, 0.3) is 0 Å². The summed E-state index contributed by atoms with van der Waals surface area (Å²) in [6, 6.07) is 2.60. The summed E-state index contributed by atoms with van der Waals surface area (Å²) in [5.41, 5.74) is 12.6. The summed E-state index contributed by atoms with van der Waals surface area (Å²) in [6.45, 7) is 5.85. The molecular weight excluding hydrogens is 252 g/mol. The van der Waals surface area contributed by atoms with Gasteiger partial charge in [0, 0.05) is 19.1 Å². The van der Waals surface area contributed by atoms with E-state index in [4.69, 9.17) is 11.5 Å². The molecule has 0 aliphatic carbocycles. The summed E-state index contributed by atoms with van der Waals surface area (Å²) in [4.78, 5) is 2.10. The summed E-state index contributed by atoms with van der Waals surface area (Å²) in [5, 5.41) is 14.0. The molecule has 2 rings (SSSR count). The van der Waals surface area contributed by atoms with E-state index >= 15 is 0 Å². The number of aromatic nitrogens is 2. The van der Waals surface area contributed by atoms with Crippen molar-refractivity contribution in [2.24, 2.45) is 5.73 Å². The van der Waals surface area contributed by atoms with Gasteiger partial charge in [-0.3, -0.25) is 0 Å². The second-order valence-electron chi connectivity index (χ2n) is 5.46. The smallest absolute Gasteiger partial charge is 0.170 e. The Labute approximate surface area is 120 Å². The highest BCUT2D eigenvalue weighted by molar-refractivity contribution is 5.65. The Kier molecular flexibility index (Phi) is 4.50. The maximum Gasteiger partial charge on any atom is 0.170 e. The van der Waals surface area contributed by atoms with Crippen LogP contribution in [0.5, 0.6) is 0 Å². The normalized spacial score (nSPS) is 19.4. The average molecular weight is 276 g/mol. The average Bonchev–Trinajstić information content (AvgIpc) is 2.78. The van der Waals surface area contributed by atoms with E-state index in [1.54, 1.807) is 0 Å². The van der Waals surface area contributed by atoms with Crippen molar-refractivity contribution in [1.82, 2.24) is 9.78 Å². The minimum absolute atomic E-state index is 0.148. The third-order valence-electron chi connectivity index (χ3n) is 4.09. The lowest BCUT2D eigenvalue weighted by molar-refractivity contribution is 0.431. The van der Waals surface area contributed by atoms with Crippen LogP contribution < -0.4 is 16.4 Å². The lowest BCUT2D eigenvalue weighted by Crippen LogP contribution is -2.43. The predicted molar refractivity (Wildman–Crippen MR) is 80.4 cm³/mol. The van der Waals surface area contributed by atoms with Crippen LogP contribution in [0.3, 0.4) is 0 Å². The Morgan fingerprint density at radius 2 is 2.15 bits per heavy atom. The van der Waals surface area contributed by atoms with E-state index in [0.717, 1.165) is 38.8 Å². The first-order chi connectivity index (χ1) is 9.62. The molecule has 0 saturated carbocycles. The number of anilines is 2. The molecule has 6 heteroatoms. The molecule has 0 aromatic carbocycles. The number of piperidine rings is 1. The van der Waals surface area contributed by atoms with Crippen molar-refractivity contribution in [1.29, 1.82) is 5.26 Å². The standard InChI is InChI=1S/C14H24N6/c1-3-11(4-2)20-13(17)12(8-15)14(18-20)19-7-5-6-10(16)9-19/h10-11H,3-7,9,16-17H2,1-2H3. The number of rotatable bonds is 4. The molecule has 20 heavy (non-hydrogen) atoms. The predicted octanol–water partition coefficient (Wildman–Crippen LogP) is 1.63. The number of hydrogen-bond acceptors (Lipinski definition) is 5. The van der Waals surface area contributed by atoms with Crippen molar-refractivity contribution < 1.29 is 0 Å². The van der Waals surface area contributed by atoms with E-state index in [1.165, 1.54) is 0 Å². The fourth-order valence-corrected chi connectivity index (χ4v) is 2.88. The summed E-state index contributed by atoms with van der Waals surface area (Å²) < 4.78 is 1.81. The second-order valence-corrected chi connectivity index (χ2v) is 5.46. The lowest BCUT2D eigenvalue weighted by atomic mass is 10.1. The third kappa shape index (κ3) is 2.59. The van der Waals surface area contributed by atoms with Gasteiger partial charge >= 0.3 is 0 Å². The molecule has 0 radical (unpaired) electrons. The minimum Gasteiger partial charge on any atom is -0.383 e. The van der Waals surface area contributed by atoms with Gasteiger partial charge in [0.1, 0.15) is 17.5 Å². The van der Waals surface area contributed by atoms with Gasteiger partial charge in [0.2, 0.25) is 0 Å². The van der Waals surface area contributed by atoms with E-state index in [0.29, 0.717) is 17.2 Å². The molecule has 0 bridgehead atoms. The summed E-state index contributed by atoms with van der Waals surface area (Å²) in [6.07, 6.45) is 3.96. The molecular formula is C14H24N6. The second kappa shape index (κ2) is 6.14. The Hall–Kier alpha value is -1.74. The Morgan fingerprint density at radius 3 is 2.70 bits per heavy atom. The monoisotopic (exact) mass is 276 g/mol. The highest BCUT2D eigenvalue weighted by atomic mass is 15.4. The topological polar surface area (TPSA) is 96.9 Å². The fraction of sp³-hybridized carbons (Fsp3) is 0.714. The van der Waals surface area contributed by atoms with Crippen molar-refractivity contribution in [3.8, 4) is 6.07 Å². The maximum atomic E-state index is 9.40. The van der Waals surface area contributed by atoms with Gasteiger partial charge in [-0.05, 0) is 25.7 Å². The number of hydrogen-bond donors (Lipinski definition) is 2. The van der Waals surface area contributed by atoms with Crippen LogP contribution in [0.4, 0.5) is 11.6 Å². The molecule has 1 aliphatic heterocycles. The highest BCUT2D eigenvalue weighted by Crippen LogP contribution is 2.30. The molecule has 4 N–H and O–H groups in total. The molecule has 1 aromatic heterocycles. The summed E-state index contributed by atoms with van der Waals surface area (Å²) >= 11 is 0.